The van der Waals surface area contributed by atoms with Gasteiger partial charge in [-0.2, -0.15) is 0 Å². The lowest BCUT2D eigenvalue weighted by atomic mass is 10.2. The molecule has 1 saturated heterocycles. The lowest BCUT2D eigenvalue weighted by Crippen LogP contribution is -2.23. The quantitative estimate of drug-likeness (QED) is 0.609. The molecule has 0 aromatic rings. The minimum Gasteiger partial charge on any atom is -0.271 e. The summed E-state index contributed by atoms with van der Waals surface area (Å²) in [7, 11) is 0. The van der Waals surface area contributed by atoms with Gasteiger partial charge in [-0.3, -0.25) is 4.57 Å². The molecule has 2 nitrogen and oxygen atoms in total. The average molecular weight is 202 g/mol. The molecule has 1 heterocycles. The van der Waals surface area contributed by atoms with E-state index in [1.54, 1.807) is 4.67 Å². The fraction of sp³-hybridized carbons (Fsp3) is 1.00. The van der Waals surface area contributed by atoms with Crippen molar-refractivity contribution in [2.75, 3.05) is 13.1 Å². The molecule has 0 radical (unpaired) electrons. The van der Waals surface area contributed by atoms with Crippen LogP contribution >= 0.6 is 28.5 Å². The molecule has 0 amide bonds. The van der Waals surface area contributed by atoms with Crippen molar-refractivity contribution in [1.82, 2.24) is 4.67 Å². The Morgan fingerprint density at radius 2 is 1.60 bits per heavy atom. The molecule has 0 bridgehead atoms. The van der Waals surface area contributed by atoms with E-state index in [-0.39, 0.29) is 0 Å². The third kappa shape index (κ3) is 2.43. The van der Waals surface area contributed by atoms with Crippen molar-refractivity contribution in [3.05, 3.63) is 0 Å². The van der Waals surface area contributed by atoms with Crippen LogP contribution in [0.15, 0.2) is 0 Å². The number of hydrogen-bond acceptors (Lipinski definition) is 1. The molecular weight excluding hydrogens is 192 g/mol. The topological polar surface area (TPSA) is 20.3 Å². The summed E-state index contributed by atoms with van der Waals surface area (Å²) in [5, 5.41) is 0. The van der Waals surface area contributed by atoms with E-state index in [1.165, 1.54) is 6.42 Å². The molecule has 1 aliphatic heterocycles. The Balaban J connectivity index is 2.47. The first-order valence-corrected chi connectivity index (χ1v) is 6.82. The van der Waals surface area contributed by atoms with Crippen molar-refractivity contribution in [3.63, 3.8) is 0 Å². The minimum atomic E-state index is -2.96. The average Bonchev–Trinajstić information content (AvgIpc) is 1.88. The van der Waals surface area contributed by atoms with Crippen LogP contribution in [0.5, 0.6) is 0 Å². The van der Waals surface area contributed by atoms with Gasteiger partial charge in [0.15, 0.2) is 0 Å². The predicted octanol–water partition coefficient (Wildman–Crippen LogP) is 3.06. The van der Waals surface area contributed by atoms with Gasteiger partial charge >= 0.3 is 6.00 Å². The fourth-order valence-electron chi connectivity index (χ4n) is 1.11. The summed E-state index contributed by atoms with van der Waals surface area (Å²) in [4.78, 5) is 0. The normalized spacial score (nSPS) is 23.0. The Labute approximate surface area is 70.5 Å². The Morgan fingerprint density at radius 3 is 1.90 bits per heavy atom. The van der Waals surface area contributed by atoms with Gasteiger partial charge < -0.3 is 0 Å². The standard InChI is InChI=1S/C5H10Cl2NOP/c6-10(7,9)8-4-2-1-3-5-8/h1-5H2. The van der Waals surface area contributed by atoms with Crippen LogP contribution < -0.4 is 0 Å². The van der Waals surface area contributed by atoms with E-state index in [9.17, 15) is 4.57 Å². The molecule has 0 aromatic heterocycles. The Morgan fingerprint density at radius 1 is 1.10 bits per heavy atom. The van der Waals surface area contributed by atoms with Gasteiger partial charge in [-0.05, 0) is 35.3 Å². The molecule has 0 aliphatic carbocycles. The first kappa shape index (κ1) is 8.86. The molecule has 0 spiro atoms. The number of hydrogen-bond donors (Lipinski definition) is 0. The minimum absolute atomic E-state index is 0.782. The highest BCUT2D eigenvalue weighted by Crippen LogP contribution is 2.60. The van der Waals surface area contributed by atoms with Crippen molar-refractivity contribution in [2.24, 2.45) is 0 Å². The highest BCUT2D eigenvalue weighted by atomic mass is 35.9. The van der Waals surface area contributed by atoms with E-state index in [1.807, 2.05) is 0 Å². The van der Waals surface area contributed by atoms with Crippen LogP contribution in [-0.4, -0.2) is 17.8 Å². The summed E-state index contributed by atoms with van der Waals surface area (Å²) in [5.41, 5.74) is 0. The molecule has 0 aromatic carbocycles. The molecular formula is C5H10Cl2NOP. The molecule has 10 heavy (non-hydrogen) atoms. The molecule has 0 N–H and O–H groups in total. The van der Waals surface area contributed by atoms with Gasteiger partial charge in [-0.15, -0.1) is 0 Å². The summed E-state index contributed by atoms with van der Waals surface area (Å²) in [5.74, 6) is -2.96. The number of nitrogens with zero attached hydrogens (tertiary/aromatic N) is 1. The Hall–Kier alpha value is 0.770. The van der Waals surface area contributed by atoms with Crippen LogP contribution in [0.3, 0.4) is 0 Å². The van der Waals surface area contributed by atoms with Crippen LogP contribution in [0, 0.1) is 0 Å². The Kier molecular flexibility index (Phi) is 3.05. The highest BCUT2D eigenvalue weighted by molar-refractivity contribution is 8.06. The van der Waals surface area contributed by atoms with Gasteiger partial charge in [0.05, 0.1) is 0 Å². The SMILES string of the molecule is O=P(Cl)(Cl)N1CCCCC1. The summed E-state index contributed by atoms with van der Waals surface area (Å²) >= 11 is 10.9. The molecule has 1 fully saturated rings. The lowest BCUT2D eigenvalue weighted by molar-refractivity contribution is 0.357. The van der Waals surface area contributed by atoms with Gasteiger partial charge in [-0.25, -0.2) is 4.67 Å². The zero-order valence-corrected chi connectivity index (χ0v) is 8.00. The van der Waals surface area contributed by atoms with Crippen LogP contribution in [0.25, 0.3) is 0 Å². The summed E-state index contributed by atoms with van der Waals surface area (Å²) in [6.07, 6.45) is 3.32. The third-order valence-electron chi connectivity index (χ3n) is 1.66. The summed E-state index contributed by atoms with van der Waals surface area (Å²) in [6.45, 7) is 1.56. The zero-order valence-electron chi connectivity index (χ0n) is 5.59. The first-order chi connectivity index (χ1) is 4.61. The molecule has 0 saturated carbocycles. The van der Waals surface area contributed by atoms with Crippen molar-refractivity contribution in [1.29, 1.82) is 0 Å². The largest absolute Gasteiger partial charge is 0.322 e. The van der Waals surface area contributed by atoms with Gasteiger partial charge in [-0.1, -0.05) is 6.42 Å². The van der Waals surface area contributed by atoms with Crippen LogP contribution in [0.4, 0.5) is 0 Å². The molecule has 5 heteroatoms. The van der Waals surface area contributed by atoms with Crippen LogP contribution in [-0.2, 0) is 4.57 Å². The van der Waals surface area contributed by atoms with E-state index in [0.29, 0.717) is 0 Å². The van der Waals surface area contributed by atoms with Gasteiger partial charge in [0.2, 0.25) is 0 Å². The van der Waals surface area contributed by atoms with Crippen molar-refractivity contribution in [3.8, 4) is 0 Å². The van der Waals surface area contributed by atoms with Gasteiger partial charge in [0.1, 0.15) is 0 Å². The first-order valence-electron chi connectivity index (χ1n) is 3.35. The van der Waals surface area contributed by atoms with Crippen molar-refractivity contribution >= 4 is 28.5 Å². The maximum atomic E-state index is 11.0. The van der Waals surface area contributed by atoms with Crippen LogP contribution in [0.2, 0.25) is 0 Å². The molecule has 1 aliphatic rings. The molecule has 0 atom stereocenters. The van der Waals surface area contributed by atoms with E-state index < -0.39 is 6.00 Å². The monoisotopic (exact) mass is 201 g/mol. The molecule has 1 rings (SSSR count). The molecule has 60 valence electrons. The predicted molar refractivity (Wildman–Crippen MR) is 44.7 cm³/mol. The summed E-state index contributed by atoms with van der Waals surface area (Å²) < 4.78 is 12.7. The smallest absolute Gasteiger partial charge is 0.271 e. The van der Waals surface area contributed by atoms with E-state index in [4.69, 9.17) is 22.5 Å². The maximum absolute atomic E-state index is 11.0. The van der Waals surface area contributed by atoms with Crippen molar-refractivity contribution < 1.29 is 4.57 Å². The second kappa shape index (κ2) is 3.44. The number of rotatable bonds is 1. The maximum Gasteiger partial charge on any atom is 0.322 e. The van der Waals surface area contributed by atoms with E-state index >= 15 is 0 Å². The van der Waals surface area contributed by atoms with E-state index in [0.717, 1.165) is 25.9 Å². The van der Waals surface area contributed by atoms with Gasteiger partial charge in [0.25, 0.3) is 0 Å². The van der Waals surface area contributed by atoms with Crippen molar-refractivity contribution in [2.45, 2.75) is 19.3 Å². The highest BCUT2D eigenvalue weighted by Gasteiger charge is 2.25. The number of halogens is 2. The zero-order chi connectivity index (χ0) is 7.61. The Bertz CT molecular complexity index is 152. The second-order valence-electron chi connectivity index (χ2n) is 2.45. The van der Waals surface area contributed by atoms with Gasteiger partial charge in [0, 0.05) is 13.1 Å². The molecule has 0 unspecified atom stereocenters. The lowest BCUT2D eigenvalue weighted by Gasteiger charge is -2.26. The van der Waals surface area contributed by atoms with Crippen LogP contribution in [0.1, 0.15) is 19.3 Å². The fourth-order valence-corrected chi connectivity index (χ4v) is 2.77. The van der Waals surface area contributed by atoms with E-state index in [2.05, 4.69) is 0 Å². The second-order valence-corrected chi connectivity index (χ2v) is 7.15. The third-order valence-corrected chi connectivity index (χ3v) is 4.00. The summed E-state index contributed by atoms with van der Waals surface area (Å²) in [6, 6.07) is 0. The number of piperidine rings is 1.